The number of hydrogen-bond donors (Lipinski definition) is 1. The van der Waals surface area contributed by atoms with E-state index in [0.29, 0.717) is 18.8 Å². The zero-order valence-corrected chi connectivity index (χ0v) is 21.6. The number of nitrogens with one attached hydrogen (secondary N) is 1. The summed E-state index contributed by atoms with van der Waals surface area (Å²) in [6, 6.07) is 11.7. The molecule has 1 aromatic heterocycles. The molecule has 2 unspecified atom stereocenters. The summed E-state index contributed by atoms with van der Waals surface area (Å²) in [6.07, 6.45) is 4.02. The van der Waals surface area contributed by atoms with Gasteiger partial charge in [-0.1, -0.05) is 32.0 Å². The smallest absolute Gasteiger partial charge is 0.273 e. The zero-order chi connectivity index (χ0) is 26.6. The molecule has 2 aliphatic heterocycles. The van der Waals surface area contributed by atoms with E-state index in [1.807, 2.05) is 36.9 Å². The first-order chi connectivity index (χ1) is 18.4. The number of nitrogens with zero attached hydrogens (tertiary/aromatic N) is 2. The third-order valence-corrected chi connectivity index (χ3v) is 6.97. The van der Waals surface area contributed by atoms with Gasteiger partial charge in [0.2, 0.25) is 11.8 Å². The van der Waals surface area contributed by atoms with Crippen molar-refractivity contribution in [2.24, 2.45) is 5.92 Å². The fraction of sp³-hybridized carbons (Fsp3) is 0.414. The molecule has 9 heteroatoms. The van der Waals surface area contributed by atoms with E-state index in [9.17, 15) is 14.0 Å². The molecule has 38 heavy (non-hydrogen) atoms. The summed E-state index contributed by atoms with van der Waals surface area (Å²) in [7, 11) is 0. The minimum atomic E-state index is -0.348. The Hall–Kier alpha value is -3.72. The number of oxazole rings is 1. The number of halogens is 1. The molecule has 8 nitrogen and oxygen atoms in total. The van der Waals surface area contributed by atoms with E-state index in [1.54, 1.807) is 12.1 Å². The summed E-state index contributed by atoms with van der Waals surface area (Å²) in [5, 5.41) is 2.82. The van der Waals surface area contributed by atoms with Crippen molar-refractivity contribution in [3.63, 3.8) is 0 Å². The number of rotatable bonds is 8. The summed E-state index contributed by atoms with van der Waals surface area (Å²) in [5.74, 6) is 0.0900. The second kappa shape index (κ2) is 11.3. The van der Waals surface area contributed by atoms with E-state index in [4.69, 9.17) is 13.9 Å². The summed E-state index contributed by atoms with van der Waals surface area (Å²) in [6.45, 7) is 5.55. The molecule has 3 heterocycles. The van der Waals surface area contributed by atoms with Gasteiger partial charge in [-0.3, -0.25) is 9.59 Å². The number of ether oxygens (including phenoxy) is 2. The van der Waals surface area contributed by atoms with Crippen molar-refractivity contribution in [3.8, 4) is 5.75 Å². The van der Waals surface area contributed by atoms with Crippen LogP contribution in [0, 0.1) is 11.7 Å². The van der Waals surface area contributed by atoms with Gasteiger partial charge in [0.15, 0.2) is 12.3 Å². The Morgan fingerprint density at radius 3 is 2.76 bits per heavy atom. The molecular weight excluding hydrogens is 489 g/mol. The lowest BCUT2D eigenvalue weighted by atomic mass is 9.87. The fourth-order valence-corrected chi connectivity index (χ4v) is 4.99. The first-order valence-electron chi connectivity index (χ1n) is 13.0. The van der Waals surface area contributed by atoms with Crippen molar-refractivity contribution in [1.82, 2.24) is 15.2 Å². The molecule has 2 aromatic carbocycles. The van der Waals surface area contributed by atoms with Crippen LogP contribution in [0.25, 0.3) is 0 Å². The molecule has 0 radical (unpaired) electrons. The standard InChI is InChI=1S/C29H32FN3O5/c1-18(2)29(35)33-12-11-19-7-10-22(14-24(19)27(33)20-5-8-21(30)9-6-20)37-17-26-32-25(16-38-26)28(34)31-15-23-4-3-13-36-23/h5-10,14,16,18,23,27H,3-4,11-13,15,17H2,1-2H3,(H,31,34). The van der Waals surface area contributed by atoms with Gasteiger partial charge in [-0.25, -0.2) is 9.37 Å². The van der Waals surface area contributed by atoms with Gasteiger partial charge in [0, 0.05) is 25.6 Å². The predicted octanol–water partition coefficient (Wildman–Crippen LogP) is 4.43. The molecule has 0 saturated carbocycles. The summed E-state index contributed by atoms with van der Waals surface area (Å²) < 4.78 is 30.6. The van der Waals surface area contributed by atoms with Crippen LogP contribution >= 0.6 is 0 Å². The number of aromatic nitrogens is 1. The van der Waals surface area contributed by atoms with Gasteiger partial charge in [-0.05, 0) is 60.2 Å². The largest absolute Gasteiger partial charge is 0.484 e. The predicted molar refractivity (Wildman–Crippen MR) is 137 cm³/mol. The summed E-state index contributed by atoms with van der Waals surface area (Å²) >= 11 is 0. The molecule has 1 saturated heterocycles. The fourth-order valence-electron chi connectivity index (χ4n) is 4.99. The minimum absolute atomic E-state index is 0.0354. The van der Waals surface area contributed by atoms with Crippen LogP contribution in [0.2, 0.25) is 0 Å². The van der Waals surface area contributed by atoms with Gasteiger partial charge in [-0.15, -0.1) is 0 Å². The van der Waals surface area contributed by atoms with Crippen LogP contribution in [0.5, 0.6) is 5.75 Å². The van der Waals surface area contributed by atoms with Crippen molar-refractivity contribution in [2.75, 3.05) is 19.7 Å². The lowest BCUT2D eigenvalue weighted by Gasteiger charge is -2.39. The van der Waals surface area contributed by atoms with E-state index in [0.717, 1.165) is 42.6 Å². The molecule has 200 valence electrons. The minimum Gasteiger partial charge on any atom is -0.484 e. The average molecular weight is 522 g/mol. The Morgan fingerprint density at radius 2 is 2.03 bits per heavy atom. The van der Waals surface area contributed by atoms with Crippen LogP contribution in [-0.2, 0) is 22.6 Å². The first-order valence-corrected chi connectivity index (χ1v) is 13.0. The number of fused-ring (bicyclic) bond motifs is 1. The molecule has 0 bridgehead atoms. The highest BCUT2D eigenvalue weighted by molar-refractivity contribution is 5.91. The molecule has 0 spiro atoms. The average Bonchev–Trinajstić information content (AvgIpc) is 3.62. The summed E-state index contributed by atoms with van der Waals surface area (Å²) in [4.78, 5) is 31.6. The van der Waals surface area contributed by atoms with Gasteiger partial charge in [-0.2, -0.15) is 0 Å². The number of carbonyl (C=O) groups is 2. The highest BCUT2D eigenvalue weighted by Crippen LogP contribution is 2.38. The van der Waals surface area contributed by atoms with Gasteiger partial charge >= 0.3 is 0 Å². The highest BCUT2D eigenvalue weighted by Gasteiger charge is 2.33. The van der Waals surface area contributed by atoms with E-state index in [1.165, 1.54) is 18.4 Å². The molecule has 2 aliphatic rings. The molecule has 2 amide bonds. The molecule has 5 rings (SSSR count). The van der Waals surface area contributed by atoms with Crippen LogP contribution in [0.4, 0.5) is 4.39 Å². The maximum atomic E-state index is 13.7. The number of hydrogen-bond acceptors (Lipinski definition) is 6. The molecule has 1 fully saturated rings. The Morgan fingerprint density at radius 1 is 1.21 bits per heavy atom. The lowest BCUT2D eigenvalue weighted by Crippen LogP contribution is -2.42. The quantitative estimate of drug-likeness (QED) is 0.471. The number of benzene rings is 2. The van der Waals surface area contributed by atoms with E-state index < -0.39 is 0 Å². The highest BCUT2D eigenvalue weighted by atomic mass is 19.1. The second-order valence-corrected chi connectivity index (χ2v) is 10.0. The molecule has 0 aliphatic carbocycles. The van der Waals surface area contributed by atoms with Gasteiger partial charge in [0.1, 0.15) is 17.8 Å². The van der Waals surface area contributed by atoms with Gasteiger partial charge in [0.25, 0.3) is 5.91 Å². The third-order valence-electron chi connectivity index (χ3n) is 6.97. The number of carbonyl (C=O) groups excluding carboxylic acids is 2. The monoisotopic (exact) mass is 521 g/mol. The van der Waals surface area contributed by atoms with Crippen LogP contribution < -0.4 is 10.1 Å². The maximum Gasteiger partial charge on any atom is 0.273 e. The third kappa shape index (κ3) is 5.72. The summed E-state index contributed by atoms with van der Waals surface area (Å²) in [5.41, 5.74) is 3.08. The van der Waals surface area contributed by atoms with Crippen LogP contribution in [0.3, 0.4) is 0 Å². The lowest BCUT2D eigenvalue weighted by molar-refractivity contribution is -0.136. The molecule has 3 aromatic rings. The van der Waals surface area contributed by atoms with Crippen molar-refractivity contribution in [2.45, 2.75) is 51.9 Å². The van der Waals surface area contributed by atoms with Gasteiger partial charge < -0.3 is 24.1 Å². The molecule has 1 N–H and O–H groups in total. The molecule has 2 atom stereocenters. The Bertz CT molecular complexity index is 1280. The Labute approximate surface area is 221 Å². The maximum absolute atomic E-state index is 13.7. The van der Waals surface area contributed by atoms with Gasteiger partial charge in [0.05, 0.1) is 12.1 Å². The van der Waals surface area contributed by atoms with Crippen LogP contribution in [-0.4, -0.2) is 47.5 Å². The Kier molecular flexibility index (Phi) is 7.74. The van der Waals surface area contributed by atoms with Crippen LogP contribution in [0.1, 0.15) is 65.8 Å². The Balaban J connectivity index is 1.30. The van der Waals surface area contributed by atoms with E-state index >= 15 is 0 Å². The van der Waals surface area contributed by atoms with Crippen molar-refractivity contribution in [3.05, 3.63) is 82.8 Å². The first kappa shape index (κ1) is 25.9. The SMILES string of the molecule is CC(C)C(=O)N1CCc2ccc(OCc3nc(C(=O)NCC4CCCO4)co3)cc2C1c1ccc(F)cc1. The van der Waals surface area contributed by atoms with Crippen molar-refractivity contribution in [1.29, 1.82) is 0 Å². The van der Waals surface area contributed by atoms with Crippen molar-refractivity contribution < 1.29 is 27.9 Å². The van der Waals surface area contributed by atoms with E-state index in [2.05, 4.69) is 10.3 Å². The topological polar surface area (TPSA) is 93.9 Å². The second-order valence-electron chi connectivity index (χ2n) is 10.0. The van der Waals surface area contributed by atoms with Crippen molar-refractivity contribution >= 4 is 11.8 Å². The normalized spacial score (nSPS) is 18.9. The van der Waals surface area contributed by atoms with Crippen LogP contribution in [0.15, 0.2) is 53.1 Å². The zero-order valence-electron chi connectivity index (χ0n) is 21.6. The molecular formula is C29H32FN3O5. The van der Waals surface area contributed by atoms with E-state index in [-0.39, 0.29) is 53.9 Å². The number of amides is 2.